The molecule has 1 aliphatic rings. The topological polar surface area (TPSA) is 80.3 Å². The molecule has 0 saturated carbocycles. The van der Waals surface area contributed by atoms with Crippen LogP contribution in [0.25, 0.3) is 0 Å². The van der Waals surface area contributed by atoms with E-state index in [1.165, 1.54) is 0 Å². The normalized spacial score (nSPS) is 14.9. The number of benzene rings is 3. The Morgan fingerprint density at radius 3 is 2.29 bits per heavy atom. The highest BCUT2D eigenvalue weighted by molar-refractivity contribution is 6.35. The zero-order valence-electron chi connectivity index (χ0n) is 24.4. The Bertz CT molecular complexity index is 1470. The first-order valence-corrected chi connectivity index (χ1v) is 14.4. The molecule has 0 saturated heterocycles. The van der Waals surface area contributed by atoms with Crippen LogP contribution in [0.3, 0.4) is 0 Å². The van der Waals surface area contributed by atoms with E-state index in [1.807, 2.05) is 51.1 Å². The molecule has 3 aromatic carbocycles. The lowest BCUT2D eigenvalue weighted by Crippen LogP contribution is -2.49. The molecule has 3 aromatic rings. The van der Waals surface area contributed by atoms with Gasteiger partial charge in [0.2, 0.25) is 0 Å². The lowest BCUT2D eigenvalue weighted by molar-refractivity contribution is -0.127. The Labute approximate surface area is 256 Å². The summed E-state index contributed by atoms with van der Waals surface area (Å²) in [6.07, 6.45) is 0. The van der Waals surface area contributed by atoms with Crippen LogP contribution in [0.15, 0.2) is 71.9 Å². The van der Waals surface area contributed by atoms with Crippen molar-refractivity contribution in [3.05, 3.63) is 98.7 Å². The Hall–Kier alpha value is -3.88. The fourth-order valence-electron chi connectivity index (χ4n) is 4.87. The van der Waals surface area contributed by atoms with E-state index in [4.69, 9.17) is 37.4 Å². The van der Waals surface area contributed by atoms with E-state index in [9.17, 15) is 9.59 Å². The highest BCUT2D eigenvalue weighted by atomic mass is 35.5. The number of nitrogens with one attached hydrogen (secondary N) is 1. The molecular formula is C32H35Cl2N3O5. The van der Waals surface area contributed by atoms with Gasteiger partial charge in [0.1, 0.15) is 12.4 Å². The molecule has 0 aromatic heterocycles. The molecule has 8 nitrogen and oxygen atoms in total. The standard InChI is InChI=1S/C32H35Cl2N3O5/c1-6-36(7-2)31(38)29-20(3)37(18-21-8-13-25(40-4)14-9-21)32(39)35-30(29)22-11-15-27(28(16-22)41-5)42-19-23-10-12-24(33)17-26(23)34/h8-17,30H,6-7,18-19H2,1-5H3,(H,35,39). The van der Waals surface area contributed by atoms with Crippen molar-refractivity contribution in [1.29, 1.82) is 0 Å². The van der Waals surface area contributed by atoms with Crippen molar-refractivity contribution >= 4 is 35.1 Å². The van der Waals surface area contributed by atoms with E-state index < -0.39 is 6.04 Å². The van der Waals surface area contributed by atoms with Crippen LogP contribution in [-0.2, 0) is 17.9 Å². The Morgan fingerprint density at radius 2 is 1.67 bits per heavy atom. The number of halogens is 2. The van der Waals surface area contributed by atoms with Gasteiger partial charge < -0.3 is 24.4 Å². The quantitative estimate of drug-likeness (QED) is 0.252. The van der Waals surface area contributed by atoms with Gasteiger partial charge in [0.25, 0.3) is 5.91 Å². The fraction of sp³-hybridized carbons (Fsp3) is 0.312. The van der Waals surface area contributed by atoms with Gasteiger partial charge in [-0.05, 0) is 68.3 Å². The monoisotopic (exact) mass is 611 g/mol. The van der Waals surface area contributed by atoms with E-state index >= 15 is 0 Å². The maximum atomic E-state index is 13.9. The second-order valence-electron chi connectivity index (χ2n) is 9.73. The summed E-state index contributed by atoms with van der Waals surface area (Å²) in [7, 11) is 3.15. The summed E-state index contributed by atoms with van der Waals surface area (Å²) in [5, 5.41) is 4.11. The first kappa shape index (κ1) is 31.1. The van der Waals surface area contributed by atoms with Crippen LogP contribution in [0.2, 0.25) is 10.0 Å². The smallest absolute Gasteiger partial charge is 0.322 e. The van der Waals surface area contributed by atoms with Gasteiger partial charge in [-0.15, -0.1) is 0 Å². The van der Waals surface area contributed by atoms with Crippen molar-refractivity contribution in [3.8, 4) is 17.2 Å². The van der Waals surface area contributed by atoms with Crippen molar-refractivity contribution in [2.45, 2.75) is 40.0 Å². The maximum Gasteiger partial charge on any atom is 0.322 e. The van der Waals surface area contributed by atoms with E-state index in [0.29, 0.717) is 58.0 Å². The largest absolute Gasteiger partial charge is 0.497 e. The number of nitrogens with zero attached hydrogens (tertiary/aromatic N) is 2. The summed E-state index contributed by atoms with van der Waals surface area (Å²) in [5.74, 6) is 1.54. The van der Waals surface area contributed by atoms with Crippen LogP contribution >= 0.6 is 23.2 Å². The number of rotatable bonds is 11. The molecule has 0 spiro atoms. The van der Waals surface area contributed by atoms with Crippen molar-refractivity contribution in [2.75, 3.05) is 27.3 Å². The van der Waals surface area contributed by atoms with Crippen LogP contribution in [0, 0.1) is 0 Å². The lowest BCUT2D eigenvalue weighted by atomic mass is 9.93. The zero-order valence-corrected chi connectivity index (χ0v) is 25.9. The Morgan fingerprint density at radius 1 is 0.952 bits per heavy atom. The molecule has 42 heavy (non-hydrogen) atoms. The average molecular weight is 613 g/mol. The summed E-state index contributed by atoms with van der Waals surface area (Å²) < 4.78 is 16.9. The van der Waals surface area contributed by atoms with Crippen LogP contribution < -0.4 is 19.5 Å². The molecule has 0 fully saturated rings. The zero-order chi connectivity index (χ0) is 30.4. The number of allylic oxidation sites excluding steroid dienone is 1. The highest BCUT2D eigenvalue weighted by Gasteiger charge is 2.37. The number of urea groups is 1. The number of carbonyl (C=O) groups excluding carboxylic acids is 2. The number of methoxy groups -OCH3 is 2. The van der Waals surface area contributed by atoms with Crippen LogP contribution in [0.4, 0.5) is 4.79 Å². The van der Waals surface area contributed by atoms with E-state index in [-0.39, 0.29) is 18.5 Å². The summed E-state index contributed by atoms with van der Waals surface area (Å²) in [6.45, 7) is 7.26. The number of carbonyl (C=O) groups is 2. The third-order valence-corrected chi connectivity index (χ3v) is 7.88. The van der Waals surface area contributed by atoms with Crippen molar-refractivity contribution in [2.24, 2.45) is 0 Å². The predicted octanol–water partition coefficient (Wildman–Crippen LogP) is 7.00. The minimum Gasteiger partial charge on any atom is -0.497 e. The molecule has 1 aliphatic heterocycles. The molecule has 0 aliphatic carbocycles. The molecular weight excluding hydrogens is 577 g/mol. The Balaban J connectivity index is 1.68. The fourth-order valence-corrected chi connectivity index (χ4v) is 5.33. The second-order valence-corrected chi connectivity index (χ2v) is 10.6. The molecule has 10 heteroatoms. The lowest BCUT2D eigenvalue weighted by Gasteiger charge is -2.37. The summed E-state index contributed by atoms with van der Waals surface area (Å²) >= 11 is 12.3. The van der Waals surface area contributed by atoms with Gasteiger partial charge in [0, 0.05) is 34.4 Å². The number of likely N-dealkylation sites (N-methyl/N-ethyl adjacent to an activating group) is 1. The first-order valence-electron chi connectivity index (χ1n) is 13.7. The minimum atomic E-state index is -0.689. The van der Waals surface area contributed by atoms with Gasteiger partial charge in [-0.1, -0.05) is 47.5 Å². The highest BCUT2D eigenvalue weighted by Crippen LogP contribution is 2.37. The van der Waals surface area contributed by atoms with Gasteiger partial charge in [0.15, 0.2) is 11.5 Å². The summed E-state index contributed by atoms with van der Waals surface area (Å²) in [5.41, 5.74) is 3.45. The molecule has 0 bridgehead atoms. The van der Waals surface area contributed by atoms with E-state index in [1.54, 1.807) is 54.4 Å². The van der Waals surface area contributed by atoms with Crippen LogP contribution in [0.5, 0.6) is 17.2 Å². The van der Waals surface area contributed by atoms with Crippen LogP contribution in [-0.4, -0.2) is 49.0 Å². The van der Waals surface area contributed by atoms with Crippen LogP contribution in [0.1, 0.15) is 43.5 Å². The molecule has 1 unspecified atom stereocenters. The van der Waals surface area contributed by atoms with E-state index in [2.05, 4.69) is 5.32 Å². The summed E-state index contributed by atoms with van der Waals surface area (Å²) in [4.78, 5) is 30.7. The number of hydrogen-bond acceptors (Lipinski definition) is 5. The number of ether oxygens (including phenoxy) is 3. The Kier molecular flexibility index (Phi) is 10.2. The SMILES string of the molecule is CCN(CC)C(=O)C1=C(C)N(Cc2ccc(OC)cc2)C(=O)NC1c1ccc(OCc2ccc(Cl)cc2Cl)c(OC)c1. The molecule has 4 rings (SSSR count). The van der Waals surface area contributed by atoms with Crippen molar-refractivity contribution < 1.29 is 23.8 Å². The van der Waals surface area contributed by atoms with Gasteiger partial charge >= 0.3 is 6.03 Å². The first-order chi connectivity index (χ1) is 20.2. The molecule has 1 heterocycles. The van der Waals surface area contributed by atoms with Gasteiger partial charge in [-0.2, -0.15) is 0 Å². The third-order valence-electron chi connectivity index (χ3n) is 7.30. The maximum absolute atomic E-state index is 13.9. The summed E-state index contributed by atoms with van der Waals surface area (Å²) in [6, 6.07) is 17.1. The van der Waals surface area contributed by atoms with Gasteiger partial charge in [0.05, 0.1) is 32.4 Å². The second kappa shape index (κ2) is 13.9. The van der Waals surface area contributed by atoms with Crippen molar-refractivity contribution in [3.63, 3.8) is 0 Å². The van der Waals surface area contributed by atoms with Gasteiger partial charge in [-0.3, -0.25) is 9.69 Å². The molecule has 1 N–H and O–H groups in total. The van der Waals surface area contributed by atoms with Gasteiger partial charge in [-0.25, -0.2) is 4.79 Å². The molecule has 1 atom stereocenters. The molecule has 3 amide bonds. The number of amides is 3. The minimum absolute atomic E-state index is 0.140. The third kappa shape index (κ3) is 6.77. The average Bonchev–Trinajstić information content (AvgIpc) is 2.99. The predicted molar refractivity (Wildman–Crippen MR) is 164 cm³/mol. The molecule has 0 radical (unpaired) electrons. The molecule has 222 valence electrons. The van der Waals surface area contributed by atoms with Crippen molar-refractivity contribution in [1.82, 2.24) is 15.1 Å². The number of hydrogen-bond donors (Lipinski definition) is 1. The van der Waals surface area contributed by atoms with E-state index in [0.717, 1.165) is 16.9 Å².